The monoisotopic (exact) mass is 323 g/mol. The van der Waals surface area contributed by atoms with E-state index in [1.807, 2.05) is 0 Å². The van der Waals surface area contributed by atoms with Crippen molar-refractivity contribution in [3.05, 3.63) is 78.3 Å². The van der Waals surface area contributed by atoms with Crippen LogP contribution in [0, 0.1) is 0 Å². The lowest BCUT2D eigenvalue weighted by molar-refractivity contribution is -0.113. The number of hydrogen-bond donors (Lipinski definition) is 2. The van der Waals surface area contributed by atoms with E-state index in [0.717, 1.165) is 0 Å². The molecule has 0 unspecified atom stereocenters. The fraction of sp³-hybridized carbons (Fsp3) is 0. The first-order valence-corrected chi connectivity index (χ1v) is 7.04. The van der Waals surface area contributed by atoms with Crippen molar-refractivity contribution in [2.24, 2.45) is 0 Å². The average molecular weight is 323 g/mol. The van der Waals surface area contributed by atoms with Crippen LogP contribution in [0.4, 0.5) is 5.88 Å². The van der Waals surface area contributed by atoms with E-state index in [1.54, 1.807) is 36.4 Å². The van der Waals surface area contributed by atoms with E-state index in [-0.39, 0.29) is 11.6 Å². The van der Waals surface area contributed by atoms with Crippen molar-refractivity contribution in [1.29, 1.82) is 0 Å². The molecule has 0 bridgehead atoms. The Morgan fingerprint density at radius 1 is 1.00 bits per heavy atom. The summed E-state index contributed by atoms with van der Waals surface area (Å²) in [5.74, 6) is -0.285. The second-order valence-electron chi connectivity index (χ2n) is 4.69. The summed E-state index contributed by atoms with van der Waals surface area (Å²) < 4.78 is 10.3. The fourth-order valence-electron chi connectivity index (χ4n) is 1.90. The second-order valence-corrected chi connectivity index (χ2v) is 4.69. The highest BCUT2D eigenvalue weighted by Gasteiger charge is 2.16. The predicted octanol–water partition coefficient (Wildman–Crippen LogP) is 2.68. The van der Waals surface area contributed by atoms with Crippen LogP contribution < -0.4 is 10.6 Å². The SMILES string of the molecule is O=C(Nc1ccco1)/C(=C/c1ccco1)NC(=O)c1ccncc1. The minimum Gasteiger partial charge on any atom is -0.465 e. The number of amides is 2. The topological polar surface area (TPSA) is 97.4 Å². The molecule has 0 aliphatic heterocycles. The van der Waals surface area contributed by atoms with Crippen LogP contribution in [0.25, 0.3) is 6.08 Å². The normalized spacial score (nSPS) is 11.1. The van der Waals surface area contributed by atoms with Gasteiger partial charge in [-0.05, 0) is 30.3 Å². The lowest BCUT2D eigenvalue weighted by Gasteiger charge is -2.09. The van der Waals surface area contributed by atoms with Crippen LogP contribution in [0.5, 0.6) is 0 Å². The molecule has 120 valence electrons. The van der Waals surface area contributed by atoms with Crippen molar-refractivity contribution in [2.75, 3.05) is 5.32 Å². The lowest BCUT2D eigenvalue weighted by atomic mass is 10.2. The van der Waals surface area contributed by atoms with Crippen LogP contribution >= 0.6 is 0 Å². The maximum Gasteiger partial charge on any atom is 0.274 e. The molecule has 2 amide bonds. The standard InChI is InChI=1S/C17H13N3O4/c21-16(12-5-7-18-8-6-12)19-14(11-13-3-1-9-23-13)17(22)20-15-4-2-10-24-15/h1-11H,(H,19,21)(H,20,22)/b14-11-. The molecule has 0 aliphatic carbocycles. The molecule has 0 fully saturated rings. The zero-order valence-electron chi connectivity index (χ0n) is 12.4. The number of hydrogen-bond acceptors (Lipinski definition) is 5. The molecule has 3 aromatic rings. The van der Waals surface area contributed by atoms with Crippen molar-refractivity contribution >= 4 is 23.8 Å². The summed E-state index contributed by atoms with van der Waals surface area (Å²) in [6.45, 7) is 0. The van der Waals surface area contributed by atoms with Gasteiger partial charge in [-0.2, -0.15) is 0 Å². The van der Waals surface area contributed by atoms with Crippen LogP contribution in [0.1, 0.15) is 16.1 Å². The van der Waals surface area contributed by atoms with Gasteiger partial charge >= 0.3 is 0 Å². The molecule has 3 rings (SSSR count). The molecule has 0 saturated carbocycles. The second kappa shape index (κ2) is 7.10. The number of furan rings is 2. The molecule has 0 saturated heterocycles. The summed E-state index contributed by atoms with van der Waals surface area (Å²) in [7, 11) is 0. The van der Waals surface area contributed by atoms with Crippen molar-refractivity contribution in [1.82, 2.24) is 10.3 Å². The maximum absolute atomic E-state index is 12.4. The molecular formula is C17H13N3O4. The van der Waals surface area contributed by atoms with E-state index in [0.29, 0.717) is 11.3 Å². The molecule has 3 aromatic heterocycles. The summed E-state index contributed by atoms with van der Waals surface area (Å²) in [6, 6.07) is 9.67. The average Bonchev–Trinajstić information content (AvgIpc) is 3.29. The Balaban J connectivity index is 1.82. The van der Waals surface area contributed by atoms with Crippen LogP contribution in [-0.4, -0.2) is 16.8 Å². The molecule has 7 heteroatoms. The van der Waals surface area contributed by atoms with Crippen molar-refractivity contribution < 1.29 is 18.4 Å². The van der Waals surface area contributed by atoms with Gasteiger partial charge in [0.1, 0.15) is 11.5 Å². The van der Waals surface area contributed by atoms with Gasteiger partial charge in [0, 0.05) is 30.1 Å². The van der Waals surface area contributed by atoms with Gasteiger partial charge in [0.05, 0.1) is 12.5 Å². The number of aromatic nitrogens is 1. The van der Waals surface area contributed by atoms with Crippen molar-refractivity contribution in [3.63, 3.8) is 0 Å². The van der Waals surface area contributed by atoms with E-state index in [2.05, 4.69) is 15.6 Å². The van der Waals surface area contributed by atoms with Crippen LogP contribution in [0.2, 0.25) is 0 Å². The number of nitrogens with one attached hydrogen (secondary N) is 2. The predicted molar refractivity (Wildman–Crippen MR) is 85.7 cm³/mol. The van der Waals surface area contributed by atoms with E-state index in [9.17, 15) is 9.59 Å². The van der Waals surface area contributed by atoms with E-state index < -0.39 is 11.8 Å². The number of carbonyl (C=O) groups excluding carboxylic acids is 2. The smallest absolute Gasteiger partial charge is 0.274 e. The first-order valence-electron chi connectivity index (χ1n) is 7.04. The zero-order chi connectivity index (χ0) is 16.8. The number of anilines is 1. The van der Waals surface area contributed by atoms with Gasteiger partial charge in [0.2, 0.25) is 0 Å². The summed E-state index contributed by atoms with van der Waals surface area (Å²) in [6.07, 6.45) is 7.32. The summed E-state index contributed by atoms with van der Waals surface area (Å²) >= 11 is 0. The Morgan fingerprint density at radius 3 is 2.42 bits per heavy atom. The molecule has 0 radical (unpaired) electrons. The number of nitrogens with zero attached hydrogens (tertiary/aromatic N) is 1. The number of carbonyl (C=O) groups is 2. The third kappa shape index (κ3) is 3.77. The Bertz CT molecular complexity index is 837. The van der Waals surface area contributed by atoms with Crippen LogP contribution in [-0.2, 0) is 4.79 Å². The van der Waals surface area contributed by atoms with E-state index in [4.69, 9.17) is 8.83 Å². The summed E-state index contributed by atoms with van der Waals surface area (Å²) in [5.41, 5.74) is 0.393. The van der Waals surface area contributed by atoms with E-state index >= 15 is 0 Å². The molecule has 7 nitrogen and oxygen atoms in total. The zero-order valence-corrected chi connectivity index (χ0v) is 12.4. The Kier molecular flexibility index (Phi) is 4.52. The highest BCUT2D eigenvalue weighted by molar-refractivity contribution is 6.10. The van der Waals surface area contributed by atoms with Gasteiger partial charge in [-0.25, -0.2) is 0 Å². The molecule has 0 atom stereocenters. The van der Waals surface area contributed by atoms with Gasteiger partial charge in [0.15, 0.2) is 5.88 Å². The first kappa shape index (κ1) is 15.3. The first-order chi connectivity index (χ1) is 11.7. The largest absolute Gasteiger partial charge is 0.465 e. The minimum atomic E-state index is -0.538. The highest BCUT2D eigenvalue weighted by Crippen LogP contribution is 2.11. The van der Waals surface area contributed by atoms with Crippen LogP contribution in [0.3, 0.4) is 0 Å². The van der Waals surface area contributed by atoms with Crippen molar-refractivity contribution in [3.8, 4) is 0 Å². The molecule has 2 N–H and O–H groups in total. The Morgan fingerprint density at radius 2 is 1.75 bits per heavy atom. The fourth-order valence-corrected chi connectivity index (χ4v) is 1.90. The quantitative estimate of drug-likeness (QED) is 0.704. The molecule has 3 heterocycles. The van der Waals surface area contributed by atoms with Gasteiger partial charge < -0.3 is 14.2 Å². The third-order valence-corrected chi connectivity index (χ3v) is 3.02. The molecular weight excluding hydrogens is 310 g/mol. The van der Waals surface area contributed by atoms with Gasteiger partial charge in [-0.15, -0.1) is 0 Å². The van der Waals surface area contributed by atoms with Gasteiger partial charge in [-0.1, -0.05) is 0 Å². The lowest BCUT2D eigenvalue weighted by Crippen LogP contribution is -2.30. The Hall–Kier alpha value is -3.61. The van der Waals surface area contributed by atoms with Gasteiger partial charge in [-0.3, -0.25) is 19.9 Å². The minimum absolute atomic E-state index is 0.0168. The summed E-state index contributed by atoms with van der Waals surface area (Å²) in [4.78, 5) is 28.5. The van der Waals surface area contributed by atoms with Crippen molar-refractivity contribution in [2.45, 2.75) is 0 Å². The molecule has 0 aromatic carbocycles. The van der Waals surface area contributed by atoms with Crippen LogP contribution in [0.15, 0.2) is 75.8 Å². The van der Waals surface area contributed by atoms with E-state index in [1.165, 1.54) is 31.0 Å². The summed E-state index contributed by atoms with van der Waals surface area (Å²) in [5, 5.41) is 5.11. The molecule has 0 aliphatic rings. The molecule has 0 spiro atoms. The number of pyridine rings is 1. The third-order valence-electron chi connectivity index (χ3n) is 3.02. The Labute approximate surface area is 137 Å². The number of rotatable bonds is 5. The maximum atomic E-state index is 12.4. The molecule has 24 heavy (non-hydrogen) atoms. The highest BCUT2D eigenvalue weighted by atomic mass is 16.3. The van der Waals surface area contributed by atoms with Gasteiger partial charge in [0.25, 0.3) is 11.8 Å².